The van der Waals surface area contributed by atoms with Gasteiger partial charge in [0.2, 0.25) is 11.9 Å². The monoisotopic (exact) mass is 892 g/mol. The molecule has 3 aromatic carbocycles. The Bertz CT molecular complexity index is 2910. The van der Waals surface area contributed by atoms with Gasteiger partial charge in [0.1, 0.15) is 16.9 Å². The summed E-state index contributed by atoms with van der Waals surface area (Å²) in [7, 11) is 3.29. The number of benzene rings is 3. The van der Waals surface area contributed by atoms with Crippen LogP contribution in [0.25, 0.3) is 32.9 Å². The number of piperidine rings is 1. The third-order valence-corrected chi connectivity index (χ3v) is 14.0. The van der Waals surface area contributed by atoms with Gasteiger partial charge in [-0.3, -0.25) is 29.5 Å². The molecule has 0 spiro atoms. The number of aryl methyl sites for hydroxylation is 1. The Morgan fingerprint density at radius 1 is 0.894 bits per heavy atom. The van der Waals surface area contributed by atoms with Gasteiger partial charge in [-0.1, -0.05) is 36.4 Å². The normalized spacial score (nSPS) is 20.8. The van der Waals surface area contributed by atoms with Crippen LogP contribution >= 0.6 is 0 Å². The molecular weight excluding hydrogens is 837 g/mol. The molecule has 0 radical (unpaired) electrons. The van der Waals surface area contributed by atoms with Gasteiger partial charge in [0.05, 0.1) is 30.1 Å². The molecule has 6 heterocycles. The Kier molecular flexibility index (Phi) is 11.4. The van der Waals surface area contributed by atoms with Crippen LogP contribution in [-0.4, -0.2) is 118 Å². The van der Waals surface area contributed by atoms with Gasteiger partial charge in [-0.25, -0.2) is 14.8 Å². The first-order valence-corrected chi connectivity index (χ1v) is 23.0. The number of pyridine rings is 1. The summed E-state index contributed by atoms with van der Waals surface area (Å²) in [4.78, 5) is 73.8. The number of urea groups is 1. The molecule has 16 heteroatoms. The van der Waals surface area contributed by atoms with E-state index in [9.17, 15) is 19.2 Å². The standard InChI is InChI=1S/C50H56N10O6/c1-30-27-60(46(62)33-11-15-42(65-4)41(25-33)58-23-19-43(61)54-49(58)64)31(2)26-59(30)35-17-21-57(22-18-35)48-53-40-14-10-32(39-28-56(3)47(63)44-37(39)16-20-52-44)24-38(40)45(55-48)50(29-51,66-36-12-13-36)34-8-6-5-7-9-34/h5-11,14-16,20,24-25,28,30-31,35-36,52H,12-13,17-19,21-23,26-27,29,51H2,1-4H3,(H,54,61,64)/t30-,31+,50?/m0/s1. The summed E-state index contributed by atoms with van der Waals surface area (Å²) in [5.74, 6) is 0.645. The minimum absolute atomic E-state index is 0.0626. The van der Waals surface area contributed by atoms with Crippen molar-refractivity contribution in [1.29, 1.82) is 0 Å². The Morgan fingerprint density at radius 2 is 1.68 bits per heavy atom. The Hall–Kier alpha value is -6.62. The molecule has 4 N–H and O–H groups in total. The van der Waals surface area contributed by atoms with E-state index in [-0.39, 0.29) is 55.1 Å². The number of H-pyrrole nitrogens is 1. The fraction of sp³-hybridized carbons (Fsp3) is 0.400. The van der Waals surface area contributed by atoms with Crippen LogP contribution < -0.4 is 31.1 Å². The first-order valence-electron chi connectivity index (χ1n) is 23.0. The second-order valence-electron chi connectivity index (χ2n) is 18.3. The van der Waals surface area contributed by atoms with E-state index >= 15 is 0 Å². The number of piperazine rings is 1. The molecule has 1 saturated carbocycles. The second-order valence-corrected chi connectivity index (χ2v) is 18.3. The predicted octanol–water partition coefficient (Wildman–Crippen LogP) is 5.52. The zero-order chi connectivity index (χ0) is 45.9. The SMILES string of the molecule is COc1ccc(C(=O)N2C[C@H](C)N(C3CCN(c4nc(C(CN)(OC5CC5)c5ccccc5)c5cc(-c6cn(C)c(=O)c7[nH]ccc67)ccc5n4)CC3)C[C@H]2C)cc1N1CCC(=O)NC1=O. The Morgan fingerprint density at radius 3 is 2.41 bits per heavy atom. The lowest BCUT2D eigenvalue weighted by atomic mass is 9.86. The predicted molar refractivity (Wildman–Crippen MR) is 253 cm³/mol. The van der Waals surface area contributed by atoms with Crippen molar-refractivity contribution in [2.75, 3.05) is 56.2 Å². The van der Waals surface area contributed by atoms with Crippen molar-refractivity contribution in [2.24, 2.45) is 12.8 Å². The van der Waals surface area contributed by atoms with E-state index in [1.807, 2.05) is 41.4 Å². The molecule has 6 aromatic rings. The fourth-order valence-electron chi connectivity index (χ4n) is 10.3. The van der Waals surface area contributed by atoms with Crippen LogP contribution in [0.2, 0.25) is 0 Å². The average Bonchev–Trinajstić information content (AvgIpc) is 4.02. The third kappa shape index (κ3) is 7.75. The maximum atomic E-state index is 14.2. The summed E-state index contributed by atoms with van der Waals surface area (Å²) in [5, 5.41) is 4.04. The molecule has 4 fully saturated rings. The smallest absolute Gasteiger partial charge is 0.328 e. The number of hydrogen-bond acceptors (Lipinski definition) is 11. The summed E-state index contributed by atoms with van der Waals surface area (Å²) in [6.07, 6.45) is 7.60. The van der Waals surface area contributed by atoms with Gasteiger partial charge in [-0.05, 0) is 87.1 Å². The van der Waals surface area contributed by atoms with Gasteiger partial charge >= 0.3 is 6.03 Å². The molecule has 4 amide bonds. The van der Waals surface area contributed by atoms with Crippen LogP contribution in [0, 0.1) is 0 Å². The van der Waals surface area contributed by atoms with Gasteiger partial charge < -0.3 is 34.6 Å². The lowest BCUT2D eigenvalue weighted by molar-refractivity contribution is -0.120. The number of rotatable bonds is 11. The molecule has 3 saturated heterocycles. The summed E-state index contributed by atoms with van der Waals surface area (Å²) >= 11 is 0. The maximum absolute atomic E-state index is 14.2. The van der Waals surface area contributed by atoms with Crippen molar-refractivity contribution >= 4 is 51.3 Å². The second kappa shape index (κ2) is 17.3. The molecular formula is C50H56N10O6. The first-order chi connectivity index (χ1) is 32.0. The molecule has 3 atom stereocenters. The van der Waals surface area contributed by atoms with Crippen molar-refractivity contribution in [3.63, 3.8) is 0 Å². The Labute approximate surface area is 382 Å². The molecule has 1 unspecified atom stereocenters. The number of nitrogens with two attached hydrogens (primary N) is 1. The lowest BCUT2D eigenvalue weighted by Gasteiger charge is -2.49. The number of nitrogens with one attached hydrogen (secondary N) is 2. The number of aromatic amines is 1. The molecule has 10 rings (SSSR count). The third-order valence-electron chi connectivity index (χ3n) is 14.0. The zero-order valence-electron chi connectivity index (χ0n) is 37.8. The topological polar surface area (TPSA) is 184 Å². The number of hydrogen-bond donors (Lipinski definition) is 3. The van der Waals surface area contributed by atoms with Crippen LogP contribution in [0.15, 0.2) is 90.0 Å². The summed E-state index contributed by atoms with van der Waals surface area (Å²) in [5.41, 5.74) is 11.5. The highest BCUT2D eigenvalue weighted by Crippen LogP contribution is 2.43. The van der Waals surface area contributed by atoms with E-state index in [1.54, 1.807) is 36.0 Å². The molecule has 3 aliphatic heterocycles. The fourth-order valence-corrected chi connectivity index (χ4v) is 10.3. The number of methoxy groups -OCH3 is 1. The number of anilines is 2. The lowest BCUT2D eigenvalue weighted by Crippen LogP contribution is -2.61. The van der Waals surface area contributed by atoms with Crippen LogP contribution in [0.5, 0.6) is 5.75 Å². The van der Waals surface area contributed by atoms with Crippen molar-refractivity contribution in [2.45, 2.75) is 75.8 Å². The highest BCUT2D eigenvalue weighted by molar-refractivity contribution is 6.07. The van der Waals surface area contributed by atoms with E-state index in [2.05, 4.69) is 58.2 Å². The number of amides is 4. The van der Waals surface area contributed by atoms with Crippen LogP contribution in [-0.2, 0) is 22.2 Å². The number of nitrogens with zero attached hydrogens (tertiary/aromatic N) is 7. The van der Waals surface area contributed by atoms with E-state index in [1.165, 1.54) is 12.0 Å². The quantitative estimate of drug-likeness (QED) is 0.149. The number of imide groups is 1. The number of carbonyl (C=O) groups is 3. The van der Waals surface area contributed by atoms with Crippen LogP contribution in [0.4, 0.5) is 16.4 Å². The van der Waals surface area contributed by atoms with Crippen molar-refractivity contribution in [3.05, 3.63) is 112 Å². The van der Waals surface area contributed by atoms with Gasteiger partial charge in [-0.2, -0.15) is 0 Å². The number of carbonyl (C=O) groups excluding carboxylic acids is 3. The molecule has 0 bridgehead atoms. The number of aromatic nitrogens is 4. The molecule has 4 aliphatic rings. The molecule has 3 aromatic heterocycles. The van der Waals surface area contributed by atoms with Gasteiger partial charge in [-0.15, -0.1) is 0 Å². The Balaban J connectivity index is 0.916. The molecule has 1 aliphatic carbocycles. The molecule has 342 valence electrons. The highest BCUT2D eigenvalue weighted by Gasteiger charge is 2.44. The van der Waals surface area contributed by atoms with Crippen LogP contribution in [0.1, 0.15) is 67.6 Å². The van der Waals surface area contributed by atoms with Gasteiger partial charge in [0.15, 0.2) is 0 Å². The molecule has 66 heavy (non-hydrogen) atoms. The zero-order valence-corrected chi connectivity index (χ0v) is 37.8. The summed E-state index contributed by atoms with van der Waals surface area (Å²) < 4.78 is 14.2. The summed E-state index contributed by atoms with van der Waals surface area (Å²) in [6.45, 7) is 7.41. The van der Waals surface area contributed by atoms with Crippen molar-refractivity contribution in [1.82, 2.24) is 34.6 Å². The average molecular weight is 893 g/mol. The molecule has 16 nitrogen and oxygen atoms in total. The largest absolute Gasteiger partial charge is 0.495 e. The minimum atomic E-state index is -1.04. The van der Waals surface area contributed by atoms with E-state index in [0.29, 0.717) is 41.1 Å². The van der Waals surface area contributed by atoms with E-state index in [0.717, 1.165) is 84.0 Å². The summed E-state index contributed by atoms with van der Waals surface area (Å²) in [6, 6.07) is 23.3. The van der Waals surface area contributed by atoms with Gasteiger partial charge in [0, 0.05) is 105 Å². The number of ether oxygens (including phenoxy) is 2. The number of fused-ring (bicyclic) bond motifs is 2. The van der Waals surface area contributed by atoms with Gasteiger partial charge in [0.25, 0.3) is 11.5 Å². The van der Waals surface area contributed by atoms with Crippen LogP contribution in [0.3, 0.4) is 0 Å². The van der Waals surface area contributed by atoms with E-state index < -0.39 is 11.6 Å². The minimum Gasteiger partial charge on any atom is -0.495 e. The van der Waals surface area contributed by atoms with Crippen molar-refractivity contribution < 1.29 is 23.9 Å². The van der Waals surface area contributed by atoms with E-state index in [4.69, 9.17) is 25.2 Å². The van der Waals surface area contributed by atoms with Crippen molar-refractivity contribution in [3.8, 4) is 16.9 Å². The first kappa shape index (κ1) is 43.3. The maximum Gasteiger partial charge on any atom is 0.328 e. The highest BCUT2D eigenvalue weighted by atomic mass is 16.5.